The van der Waals surface area contributed by atoms with Crippen molar-refractivity contribution in [1.29, 1.82) is 0 Å². The average molecular weight is 278 g/mol. The number of hydrogen-bond acceptors (Lipinski definition) is 5. The van der Waals surface area contributed by atoms with Crippen LogP contribution in [0.2, 0.25) is 0 Å². The van der Waals surface area contributed by atoms with Crippen LogP contribution in [0.1, 0.15) is 19.4 Å². The van der Waals surface area contributed by atoms with Gasteiger partial charge < -0.3 is 15.5 Å². The van der Waals surface area contributed by atoms with Crippen LogP contribution in [-0.2, 0) is 10.9 Å². The van der Waals surface area contributed by atoms with Crippen LogP contribution in [0.5, 0.6) is 0 Å². The number of pyridine rings is 1. The first-order valence-electron chi connectivity index (χ1n) is 5.77. The lowest BCUT2D eigenvalue weighted by molar-refractivity contribution is -0.137. The van der Waals surface area contributed by atoms with Crippen LogP contribution in [0, 0.1) is 0 Å². The van der Waals surface area contributed by atoms with E-state index in [0.717, 1.165) is 12.1 Å². The van der Waals surface area contributed by atoms with Crippen LogP contribution in [-0.4, -0.2) is 24.2 Å². The second-order valence-electron chi connectivity index (χ2n) is 3.97. The number of aromatic nitrogens is 1. The Bertz CT molecular complexity index is 411. The van der Waals surface area contributed by atoms with Gasteiger partial charge in [0.15, 0.2) is 0 Å². The van der Waals surface area contributed by atoms with Gasteiger partial charge in [0.05, 0.1) is 12.2 Å². The lowest BCUT2D eigenvalue weighted by Crippen LogP contribution is -2.23. The van der Waals surface area contributed by atoms with Gasteiger partial charge in [-0.3, -0.25) is 0 Å². The van der Waals surface area contributed by atoms with Crippen molar-refractivity contribution in [2.24, 2.45) is 5.84 Å². The minimum absolute atomic E-state index is 0.0547. The number of nitrogens with one attached hydrogen (secondary N) is 2. The Balaban J connectivity index is 2.88. The Morgan fingerprint density at radius 2 is 2.00 bits per heavy atom. The van der Waals surface area contributed by atoms with E-state index in [4.69, 9.17) is 10.6 Å². The first kappa shape index (κ1) is 15.5. The Kier molecular flexibility index (Phi) is 5.37. The van der Waals surface area contributed by atoms with Gasteiger partial charge in [0.25, 0.3) is 0 Å². The van der Waals surface area contributed by atoms with E-state index < -0.39 is 11.7 Å². The van der Waals surface area contributed by atoms with Crippen LogP contribution in [0.4, 0.5) is 24.8 Å². The molecule has 0 saturated heterocycles. The zero-order chi connectivity index (χ0) is 14.5. The number of alkyl halides is 3. The van der Waals surface area contributed by atoms with Crippen molar-refractivity contribution < 1.29 is 17.9 Å². The molecule has 0 amide bonds. The first-order valence-corrected chi connectivity index (χ1v) is 5.77. The van der Waals surface area contributed by atoms with Gasteiger partial charge in [0.1, 0.15) is 11.6 Å². The molecule has 8 heteroatoms. The van der Waals surface area contributed by atoms with E-state index in [1.54, 1.807) is 6.92 Å². The van der Waals surface area contributed by atoms with E-state index in [0.29, 0.717) is 13.2 Å². The van der Waals surface area contributed by atoms with Gasteiger partial charge in [0, 0.05) is 12.6 Å². The van der Waals surface area contributed by atoms with Crippen molar-refractivity contribution in [3.63, 3.8) is 0 Å². The summed E-state index contributed by atoms with van der Waals surface area (Å²) in [5.74, 6) is 5.15. The molecule has 19 heavy (non-hydrogen) atoms. The number of nitrogens with zero attached hydrogens (tertiary/aromatic N) is 1. The van der Waals surface area contributed by atoms with Gasteiger partial charge in [-0.2, -0.15) is 13.2 Å². The number of halogens is 3. The molecule has 0 fully saturated rings. The van der Waals surface area contributed by atoms with Gasteiger partial charge in [0.2, 0.25) is 0 Å². The standard InChI is InChI=1S/C11H17F3N4O/c1-3-19-6-7(2)16-9-4-8(11(12,13)14)5-10(17-9)18-15/h4-5,7H,3,6,15H2,1-2H3,(H2,16,17,18). The van der Waals surface area contributed by atoms with Crippen molar-refractivity contribution in [3.05, 3.63) is 17.7 Å². The topological polar surface area (TPSA) is 72.2 Å². The minimum atomic E-state index is -4.45. The summed E-state index contributed by atoms with van der Waals surface area (Å²) in [6, 6.07) is 1.61. The fourth-order valence-electron chi connectivity index (χ4n) is 1.43. The molecule has 108 valence electrons. The quantitative estimate of drug-likeness (QED) is 0.549. The van der Waals surface area contributed by atoms with Gasteiger partial charge in [-0.25, -0.2) is 10.8 Å². The van der Waals surface area contributed by atoms with Crippen LogP contribution >= 0.6 is 0 Å². The van der Waals surface area contributed by atoms with Gasteiger partial charge in [-0.05, 0) is 26.0 Å². The molecule has 1 unspecified atom stereocenters. The fourth-order valence-corrected chi connectivity index (χ4v) is 1.43. The molecule has 0 aromatic carbocycles. The van der Waals surface area contributed by atoms with Crippen molar-refractivity contribution in [2.45, 2.75) is 26.1 Å². The lowest BCUT2D eigenvalue weighted by atomic mass is 10.2. The van der Waals surface area contributed by atoms with E-state index in [1.807, 2.05) is 6.92 Å². The zero-order valence-electron chi connectivity index (χ0n) is 10.7. The number of ether oxygens (including phenoxy) is 1. The van der Waals surface area contributed by atoms with Crippen LogP contribution in [0.25, 0.3) is 0 Å². The Labute approximate surface area is 109 Å². The summed E-state index contributed by atoms with van der Waals surface area (Å²) in [6.07, 6.45) is -4.45. The molecule has 1 aromatic heterocycles. The van der Waals surface area contributed by atoms with Crippen molar-refractivity contribution in [2.75, 3.05) is 24.0 Å². The summed E-state index contributed by atoms with van der Waals surface area (Å²) in [7, 11) is 0. The Morgan fingerprint density at radius 1 is 1.37 bits per heavy atom. The number of nitrogen functional groups attached to an aromatic ring is 1. The van der Waals surface area contributed by atoms with Crippen LogP contribution in [0.15, 0.2) is 12.1 Å². The highest BCUT2D eigenvalue weighted by molar-refractivity contribution is 5.49. The third-order valence-electron chi connectivity index (χ3n) is 2.27. The molecule has 5 nitrogen and oxygen atoms in total. The number of hydrazine groups is 1. The second kappa shape index (κ2) is 6.58. The van der Waals surface area contributed by atoms with E-state index in [-0.39, 0.29) is 17.7 Å². The molecule has 0 bridgehead atoms. The largest absolute Gasteiger partial charge is 0.416 e. The summed E-state index contributed by atoms with van der Waals surface area (Å²) in [6.45, 7) is 4.54. The molecule has 0 radical (unpaired) electrons. The molecule has 1 heterocycles. The highest BCUT2D eigenvalue weighted by atomic mass is 19.4. The Morgan fingerprint density at radius 3 is 2.53 bits per heavy atom. The van der Waals surface area contributed by atoms with Gasteiger partial charge in [-0.1, -0.05) is 0 Å². The predicted octanol–water partition coefficient (Wildman–Crippen LogP) is 2.22. The highest BCUT2D eigenvalue weighted by Crippen LogP contribution is 2.31. The normalized spacial score (nSPS) is 13.2. The zero-order valence-corrected chi connectivity index (χ0v) is 10.7. The molecule has 1 atom stereocenters. The monoisotopic (exact) mass is 278 g/mol. The summed E-state index contributed by atoms with van der Waals surface area (Å²) >= 11 is 0. The van der Waals surface area contributed by atoms with Crippen molar-refractivity contribution in [1.82, 2.24) is 4.98 Å². The number of rotatable bonds is 6. The molecule has 0 saturated carbocycles. The number of hydrogen-bond donors (Lipinski definition) is 3. The minimum Gasteiger partial charge on any atom is -0.380 e. The maximum atomic E-state index is 12.7. The van der Waals surface area contributed by atoms with Crippen LogP contribution < -0.4 is 16.6 Å². The van der Waals surface area contributed by atoms with Crippen molar-refractivity contribution >= 4 is 11.6 Å². The van der Waals surface area contributed by atoms with E-state index in [2.05, 4.69) is 15.7 Å². The molecule has 0 aliphatic carbocycles. The summed E-state index contributed by atoms with van der Waals surface area (Å²) in [4.78, 5) is 3.91. The van der Waals surface area contributed by atoms with Gasteiger partial charge >= 0.3 is 6.18 Å². The molecular formula is C11H17F3N4O. The molecule has 0 aliphatic rings. The molecule has 1 rings (SSSR count). The van der Waals surface area contributed by atoms with E-state index in [1.165, 1.54) is 0 Å². The molecule has 1 aromatic rings. The molecule has 4 N–H and O–H groups in total. The number of anilines is 2. The average Bonchev–Trinajstić information content (AvgIpc) is 2.34. The van der Waals surface area contributed by atoms with Gasteiger partial charge in [-0.15, -0.1) is 0 Å². The third-order valence-corrected chi connectivity index (χ3v) is 2.27. The van der Waals surface area contributed by atoms with Crippen molar-refractivity contribution in [3.8, 4) is 0 Å². The lowest BCUT2D eigenvalue weighted by Gasteiger charge is -2.16. The second-order valence-corrected chi connectivity index (χ2v) is 3.97. The summed E-state index contributed by atoms with van der Waals surface area (Å²) < 4.78 is 43.2. The maximum absolute atomic E-state index is 12.7. The summed E-state index contributed by atoms with van der Waals surface area (Å²) in [5, 5.41) is 2.83. The molecule has 0 aliphatic heterocycles. The first-order chi connectivity index (χ1) is 8.86. The smallest absolute Gasteiger partial charge is 0.380 e. The SMILES string of the molecule is CCOCC(C)Nc1cc(C(F)(F)F)cc(NN)n1. The Hall–Kier alpha value is -1.54. The van der Waals surface area contributed by atoms with E-state index in [9.17, 15) is 13.2 Å². The summed E-state index contributed by atoms with van der Waals surface area (Å²) in [5.41, 5.74) is 1.30. The fraction of sp³-hybridized carbons (Fsp3) is 0.545. The molecule has 0 spiro atoms. The number of nitrogens with two attached hydrogens (primary N) is 1. The maximum Gasteiger partial charge on any atom is 0.416 e. The predicted molar refractivity (Wildman–Crippen MR) is 66.6 cm³/mol. The molecular weight excluding hydrogens is 261 g/mol. The van der Waals surface area contributed by atoms with E-state index >= 15 is 0 Å². The third kappa shape index (κ3) is 4.92. The van der Waals surface area contributed by atoms with Crippen LogP contribution in [0.3, 0.4) is 0 Å². The highest BCUT2D eigenvalue weighted by Gasteiger charge is 2.31.